The number of aromatic nitrogens is 2. The second kappa shape index (κ2) is 14.0. The summed E-state index contributed by atoms with van der Waals surface area (Å²) < 4.78 is 0. The molecule has 0 amide bonds. The van der Waals surface area contributed by atoms with Crippen LogP contribution >= 0.6 is 0 Å². The van der Waals surface area contributed by atoms with Gasteiger partial charge in [0.05, 0.1) is 17.1 Å². The predicted molar refractivity (Wildman–Crippen MR) is 218 cm³/mol. The molecule has 7 aromatic rings. The number of anilines is 3. The van der Waals surface area contributed by atoms with E-state index in [-0.39, 0.29) is 16.6 Å². The zero-order valence-electron chi connectivity index (χ0n) is 30.8. The Morgan fingerprint density at radius 3 is 1.65 bits per heavy atom. The number of benzene rings is 5. The lowest BCUT2D eigenvalue weighted by molar-refractivity contribution is 0.446. The normalized spacial score (nSPS) is 11.7. The topological polar surface area (TPSA) is 49.2 Å². The molecule has 5 aromatic carbocycles. The second-order valence-corrected chi connectivity index (χ2v) is 15.4. The first-order valence-electron chi connectivity index (χ1n) is 17.9. The Labute approximate surface area is 308 Å². The van der Waals surface area contributed by atoms with Crippen molar-refractivity contribution in [3.05, 3.63) is 169 Å². The van der Waals surface area contributed by atoms with Gasteiger partial charge in [-0.1, -0.05) is 163 Å². The Morgan fingerprint density at radius 1 is 0.442 bits per heavy atom. The number of para-hydroxylation sites is 1. The van der Waals surface area contributed by atoms with Gasteiger partial charge in [-0.05, 0) is 69.5 Å². The van der Waals surface area contributed by atoms with Crippen molar-refractivity contribution in [2.24, 2.45) is 0 Å². The standard InChI is InChI=1S/C48H45N3O/c1-47(2,3)37-31-39(46(52)40(32-37)48(4,5)6)42-29-36(33-19-10-7-11-20-33)30-45(50-42)51(43-27-17-16-25-38(43)34-21-12-8-13-22-34)44-28-18-26-41(49-44)35-23-14-9-15-24-35/h7-32,52H,1-6H3. The molecule has 0 atom stereocenters. The Hall–Kier alpha value is -6.00. The van der Waals surface area contributed by atoms with Gasteiger partial charge >= 0.3 is 0 Å². The number of phenols is 1. The average Bonchev–Trinajstić information content (AvgIpc) is 3.15. The summed E-state index contributed by atoms with van der Waals surface area (Å²) in [5, 5.41) is 12.1. The molecule has 2 heterocycles. The van der Waals surface area contributed by atoms with E-state index in [9.17, 15) is 5.11 Å². The van der Waals surface area contributed by atoms with Gasteiger partial charge in [0, 0.05) is 22.3 Å². The lowest BCUT2D eigenvalue weighted by Gasteiger charge is -2.29. The highest BCUT2D eigenvalue weighted by Crippen LogP contribution is 2.45. The van der Waals surface area contributed by atoms with E-state index in [2.05, 4.69) is 162 Å². The monoisotopic (exact) mass is 679 g/mol. The molecule has 0 saturated heterocycles. The molecule has 7 rings (SSSR count). The molecule has 0 saturated carbocycles. The summed E-state index contributed by atoms with van der Waals surface area (Å²) in [6.07, 6.45) is 0. The number of pyridine rings is 2. The van der Waals surface area contributed by atoms with Crippen molar-refractivity contribution < 1.29 is 5.11 Å². The lowest BCUT2D eigenvalue weighted by Crippen LogP contribution is -2.17. The van der Waals surface area contributed by atoms with Crippen molar-refractivity contribution in [3.63, 3.8) is 0 Å². The van der Waals surface area contributed by atoms with E-state index in [1.54, 1.807) is 0 Å². The molecule has 52 heavy (non-hydrogen) atoms. The van der Waals surface area contributed by atoms with E-state index in [0.29, 0.717) is 17.1 Å². The molecular weight excluding hydrogens is 635 g/mol. The van der Waals surface area contributed by atoms with Crippen LogP contribution < -0.4 is 4.90 Å². The number of nitrogens with zero attached hydrogens (tertiary/aromatic N) is 3. The van der Waals surface area contributed by atoms with Crippen LogP contribution in [0.4, 0.5) is 17.3 Å². The second-order valence-electron chi connectivity index (χ2n) is 15.4. The van der Waals surface area contributed by atoms with Gasteiger partial charge in [-0.15, -0.1) is 0 Å². The molecule has 258 valence electrons. The van der Waals surface area contributed by atoms with E-state index >= 15 is 0 Å². The van der Waals surface area contributed by atoms with E-state index < -0.39 is 0 Å². The van der Waals surface area contributed by atoms with E-state index in [1.165, 1.54) is 0 Å². The van der Waals surface area contributed by atoms with E-state index in [0.717, 1.165) is 56.1 Å². The maximum Gasteiger partial charge on any atom is 0.140 e. The number of rotatable bonds is 7. The lowest BCUT2D eigenvalue weighted by atomic mass is 9.78. The van der Waals surface area contributed by atoms with Gasteiger partial charge in [0.25, 0.3) is 0 Å². The van der Waals surface area contributed by atoms with Crippen molar-refractivity contribution in [3.8, 4) is 50.5 Å². The first-order chi connectivity index (χ1) is 25.0. The quantitative estimate of drug-likeness (QED) is 0.182. The molecule has 0 aliphatic rings. The SMILES string of the molecule is CC(C)(C)c1cc(-c2cc(-c3ccccc3)cc(N(c3cccc(-c4ccccc4)n3)c3ccccc3-c3ccccc3)n2)c(O)c(C(C)(C)C)c1. The van der Waals surface area contributed by atoms with E-state index in [1.807, 2.05) is 42.5 Å². The van der Waals surface area contributed by atoms with Crippen LogP contribution in [0.15, 0.2) is 158 Å². The summed E-state index contributed by atoms with van der Waals surface area (Å²) in [5.41, 5.74) is 10.0. The van der Waals surface area contributed by atoms with Crippen LogP contribution in [0.5, 0.6) is 5.75 Å². The first kappa shape index (κ1) is 34.4. The third-order valence-electron chi connectivity index (χ3n) is 9.47. The van der Waals surface area contributed by atoms with Crippen molar-refractivity contribution in [2.45, 2.75) is 52.4 Å². The highest BCUT2D eigenvalue weighted by molar-refractivity contribution is 5.89. The molecule has 0 unspecified atom stereocenters. The smallest absolute Gasteiger partial charge is 0.140 e. The van der Waals surface area contributed by atoms with Crippen LogP contribution in [-0.2, 0) is 10.8 Å². The summed E-state index contributed by atoms with van der Waals surface area (Å²) in [6.45, 7) is 13.1. The molecule has 4 heteroatoms. The molecule has 1 N–H and O–H groups in total. The number of hydrogen-bond acceptors (Lipinski definition) is 4. The molecule has 0 radical (unpaired) electrons. The van der Waals surface area contributed by atoms with Crippen LogP contribution in [0.1, 0.15) is 52.7 Å². The Bertz CT molecular complexity index is 2320. The fraction of sp³-hybridized carbons (Fsp3) is 0.167. The van der Waals surface area contributed by atoms with Gasteiger partial charge < -0.3 is 5.11 Å². The summed E-state index contributed by atoms with van der Waals surface area (Å²) >= 11 is 0. The highest BCUT2D eigenvalue weighted by Gasteiger charge is 2.27. The number of aromatic hydroxyl groups is 1. The molecule has 0 bridgehead atoms. The molecule has 0 aliphatic heterocycles. The predicted octanol–water partition coefficient (Wildman–Crippen LogP) is 12.9. The van der Waals surface area contributed by atoms with E-state index in [4.69, 9.17) is 9.97 Å². The molecule has 0 spiro atoms. The number of phenolic OH excluding ortho intramolecular Hbond substituents is 1. The van der Waals surface area contributed by atoms with Crippen LogP contribution in [0, 0.1) is 0 Å². The molecule has 0 fully saturated rings. The minimum Gasteiger partial charge on any atom is -0.507 e. The Balaban J connectivity index is 1.55. The summed E-state index contributed by atoms with van der Waals surface area (Å²) in [6, 6.07) is 54.1. The largest absolute Gasteiger partial charge is 0.507 e. The maximum absolute atomic E-state index is 12.1. The van der Waals surface area contributed by atoms with Gasteiger partial charge in [0.15, 0.2) is 0 Å². The van der Waals surface area contributed by atoms with Crippen LogP contribution in [0.2, 0.25) is 0 Å². The van der Waals surface area contributed by atoms with Crippen LogP contribution in [0.25, 0.3) is 44.8 Å². The minimum atomic E-state index is -0.289. The fourth-order valence-corrected chi connectivity index (χ4v) is 6.61. The zero-order valence-corrected chi connectivity index (χ0v) is 30.8. The van der Waals surface area contributed by atoms with Crippen molar-refractivity contribution in [1.82, 2.24) is 9.97 Å². The maximum atomic E-state index is 12.1. The van der Waals surface area contributed by atoms with Crippen LogP contribution in [-0.4, -0.2) is 15.1 Å². The summed E-state index contributed by atoms with van der Waals surface area (Å²) in [7, 11) is 0. The molecule has 0 aliphatic carbocycles. The average molecular weight is 680 g/mol. The third kappa shape index (κ3) is 7.11. The number of hydrogen-bond donors (Lipinski definition) is 1. The third-order valence-corrected chi connectivity index (χ3v) is 9.47. The Kier molecular flexibility index (Phi) is 9.25. The van der Waals surface area contributed by atoms with Gasteiger partial charge in [-0.25, -0.2) is 9.97 Å². The molecule has 4 nitrogen and oxygen atoms in total. The van der Waals surface area contributed by atoms with Gasteiger partial charge in [-0.3, -0.25) is 4.90 Å². The first-order valence-corrected chi connectivity index (χ1v) is 17.9. The fourth-order valence-electron chi connectivity index (χ4n) is 6.61. The summed E-state index contributed by atoms with van der Waals surface area (Å²) in [5.74, 6) is 1.68. The van der Waals surface area contributed by atoms with Crippen molar-refractivity contribution in [2.75, 3.05) is 4.90 Å². The van der Waals surface area contributed by atoms with Crippen molar-refractivity contribution >= 4 is 17.3 Å². The Morgan fingerprint density at radius 2 is 1.02 bits per heavy atom. The minimum absolute atomic E-state index is 0.148. The van der Waals surface area contributed by atoms with Crippen molar-refractivity contribution in [1.29, 1.82) is 0 Å². The van der Waals surface area contributed by atoms with Gasteiger partial charge in [0.2, 0.25) is 0 Å². The summed E-state index contributed by atoms with van der Waals surface area (Å²) in [4.78, 5) is 12.9. The zero-order chi connectivity index (χ0) is 36.5. The highest BCUT2D eigenvalue weighted by atomic mass is 16.3. The molecule has 2 aromatic heterocycles. The van der Waals surface area contributed by atoms with Gasteiger partial charge in [0.1, 0.15) is 17.4 Å². The van der Waals surface area contributed by atoms with Crippen LogP contribution in [0.3, 0.4) is 0 Å². The molecular formula is C48H45N3O. The van der Waals surface area contributed by atoms with Gasteiger partial charge in [-0.2, -0.15) is 0 Å².